The fourth-order valence-electron chi connectivity index (χ4n) is 4.47. The third-order valence-corrected chi connectivity index (χ3v) is 6.39. The summed E-state index contributed by atoms with van der Waals surface area (Å²) < 4.78 is 5.78. The average molecular weight is 416 g/mol. The first-order valence-corrected chi connectivity index (χ1v) is 11.5. The molecule has 1 saturated carbocycles. The number of hydrogen-bond acceptors (Lipinski definition) is 4. The standard InChI is InChI=1S/C24H37N3O3/c1-5-6-7-18-8-10-19(11-9-18)23(28)25-20-12-13-22-21(16-20)27(15-14-26(3)4)24(29)17(2)30-22/h12-13,16-19H,5-11,14-15H2,1-4H3,(H,25,28). The topological polar surface area (TPSA) is 61.9 Å². The Labute approximate surface area is 180 Å². The van der Waals surface area contributed by atoms with E-state index in [1.165, 1.54) is 19.3 Å². The van der Waals surface area contributed by atoms with Crippen molar-refractivity contribution >= 4 is 23.2 Å². The predicted octanol–water partition coefficient (Wildman–Crippen LogP) is 4.30. The summed E-state index contributed by atoms with van der Waals surface area (Å²) in [5.74, 6) is 1.61. The van der Waals surface area contributed by atoms with Crippen molar-refractivity contribution in [1.29, 1.82) is 0 Å². The Morgan fingerprint density at radius 3 is 2.63 bits per heavy atom. The molecule has 1 atom stereocenters. The average Bonchev–Trinajstić information content (AvgIpc) is 2.73. The molecule has 6 nitrogen and oxygen atoms in total. The molecule has 1 N–H and O–H groups in total. The van der Waals surface area contributed by atoms with Gasteiger partial charge in [-0.05, 0) is 70.8 Å². The van der Waals surface area contributed by atoms with Crippen LogP contribution in [-0.4, -0.2) is 50.0 Å². The fourth-order valence-corrected chi connectivity index (χ4v) is 4.47. The number of benzene rings is 1. The van der Waals surface area contributed by atoms with Gasteiger partial charge in [0.15, 0.2) is 6.10 Å². The fraction of sp³-hybridized carbons (Fsp3) is 0.667. The van der Waals surface area contributed by atoms with Gasteiger partial charge in [-0.1, -0.05) is 26.2 Å². The summed E-state index contributed by atoms with van der Waals surface area (Å²) in [4.78, 5) is 29.3. The first kappa shape index (κ1) is 22.6. The number of anilines is 2. The molecule has 6 heteroatoms. The Bertz CT molecular complexity index is 741. The van der Waals surface area contributed by atoms with Crippen LogP contribution >= 0.6 is 0 Å². The molecule has 1 fully saturated rings. The van der Waals surface area contributed by atoms with E-state index >= 15 is 0 Å². The molecular formula is C24H37N3O3. The first-order valence-electron chi connectivity index (χ1n) is 11.5. The number of hydrogen-bond donors (Lipinski definition) is 1. The molecular weight excluding hydrogens is 378 g/mol. The van der Waals surface area contributed by atoms with Gasteiger partial charge in [-0.2, -0.15) is 0 Å². The summed E-state index contributed by atoms with van der Waals surface area (Å²) in [6, 6.07) is 5.61. The van der Waals surface area contributed by atoms with Gasteiger partial charge in [-0.15, -0.1) is 0 Å². The normalized spacial score (nSPS) is 23.8. The number of ether oxygens (including phenoxy) is 1. The minimum absolute atomic E-state index is 0.0433. The van der Waals surface area contributed by atoms with E-state index in [0.717, 1.165) is 49.5 Å². The molecule has 1 aromatic carbocycles. The smallest absolute Gasteiger partial charge is 0.267 e. The second kappa shape index (κ2) is 10.3. The lowest BCUT2D eigenvalue weighted by atomic mass is 9.79. The number of rotatable bonds is 8. The van der Waals surface area contributed by atoms with Crippen molar-refractivity contribution in [3.8, 4) is 5.75 Å². The molecule has 166 valence electrons. The maximum atomic E-state index is 12.8. The van der Waals surface area contributed by atoms with E-state index in [4.69, 9.17) is 4.74 Å². The molecule has 1 aliphatic heterocycles. The van der Waals surface area contributed by atoms with E-state index in [9.17, 15) is 9.59 Å². The molecule has 30 heavy (non-hydrogen) atoms. The number of carbonyl (C=O) groups is 2. The lowest BCUT2D eigenvalue weighted by Gasteiger charge is -2.34. The number of amides is 2. The summed E-state index contributed by atoms with van der Waals surface area (Å²) in [7, 11) is 3.98. The van der Waals surface area contributed by atoms with Gasteiger partial charge in [0.2, 0.25) is 5.91 Å². The van der Waals surface area contributed by atoms with Crippen LogP contribution in [0.4, 0.5) is 11.4 Å². The Hall–Kier alpha value is -2.08. The monoisotopic (exact) mass is 415 g/mol. The van der Waals surface area contributed by atoms with Gasteiger partial charge < -0.3 is 19.9 Å². The minimum Gasteiger partial charge on any atom is -0.479 e. The van der Waals surface area contributed by atoms with E-state index < -0.39 is 6.10 Å². The van der Waals surface area contributed by atoms with Crippen molar-refractivity contribution in [3.63, 3.8) is 0 Å². The second-order valence-corrected chi connectivity index (χ2v) is 9.08. The van der Waals surface area contributed by atoms with Crippen LogP contribution in [0.3, 0.4) is 0 Å². The lowest BCUT2D eigenvalue weighted by molar-refractivity contribution is -0.125. The molecule has 0 aromatic heterocycles. The van der Waals surface area contributed by atoms with E-state index in [0.29, 0.717) is 12.3 Å². The molecule has 3 rings (SSSR count). The van der Waals surface area contributed by atoms with E-state index in [-0.39, 0.29) is 17.7 Å². The Balaban J connectivity index is 1.65. The quantitative estimate of drug-likeness (QED) is 0.688. The van der Waals surface area contributed by atoms with Crippen LogP contribution in [0.5, 0.6) is 5.75 Å². The summed E-state index contributed by atoms with van der Waals surface area (Å²) in [6.45, 7) is 5.36. The highest BCUT2D eigenvalue weighted by molar-refractivity contribution is 6.01. The van der Waals surface area contributed by atoms with Gasteiger partial charge in [0.05, 0.1) is 5.69 Å². The SMILES string of the molecule is CCCCC1CCC(C(=O)Nc2ccc3c(c2)N(CCN(C)C)C(=O)C(C)O3)CC1. The van der Waals surface area contributed by atoms with Crippen molar-refractivity contribution in [2.45, 2.75) is 64.9 Å². The number of likely N-dealkylation sites (N-methyl/N-ethyl adjacent to an activating group) is 1. The van der Waals surface area contributed by atoms with Crippen LogP contribution in [0, 0.1) is 11.8 Å². The highest BCUT2D eigenvalue weighted by Gasteiger charge is 2.32. The molecule has 1 aliphatic carbocycles. The second-order valence-electron chi connectivity index (χ2n) is 9.08. The van der Waals surface area contributed by atoms with Crippen molar-refractivity contribution in [1.82, 2.24) is 4.90 Å². The number of fused-ring (bicyclic) bond motifs is 1. The van der Waals surface area contributed by atoms with Crippen LogP contribution in [0.1, 0.15) is 58.8 Å². The van der Waals surface area contributed by atoms with Crippen molar-refractivity contribution in [3.05, 3.63) is 18.2 Å². The first-order chi connectivity index (χ1) is 14.4. The molecule has 1 unspecified atom stereocenters. The molecule has 0 saturated heterocycles. The van der Waals surface area contributed by atoms with Crippen LogP contribution in [0.25, 0.3) is 0 Å². The Kier molecular flexibility index (Phi) is 7.75. The Morgan fingerprint density at radius 1 is 1.23 bits per heavy atom. The van der Waals surface area contributed by atoms with Gasteiger partial charge in [0.1, 0.15) is 5.75 Å². The maximum Gasteiger partial charge on any atom is 0.267 e. The van der Waals surface area contributed by atoms with E-state index in [2.05, 4.69) is 17.1 Å². The minimum atomic E-state index is -0.497. The molecule has 0 spiro atoms. The maximum absolute atomic E-state index is 12.8. The van der Waals surface area contributed by atoms with Gasteiger partial charge in [0, 0.05) is 24.7 Å². The van der Waals surface area contributed by atoms with Gasteiger partial charge in [0.25, 0.3) is 5.91 Å². The highest BCUT2D eigenvalue weighted by atomic mass is 16.5. The molecule has 1 heterocycles. The zero-order valence-corrected chi connectivity index (χ0v) is 18.9. The van der Waals surface area contributed by atoms with Crippen molar-refractivity contribution in [2.24, 2.45) is 11.8 Å². The van der Waals surface area contributed by atoms with Crippen molar-refractivity contribution < 1.29 is 14.3 Å². The third-order valence-electron chi connectivity index (χ3n) is 6.39. The molecule has 2 aliphatic rings. The van der Waals surface area contributed by atoms with Gasteiger partial charge in [-0.3, -0.25) is 9.59 Å². The summed E-state index contributed by atoms with van der Waals surface area (Å²) in [6.07, 6.45) is 7.59. The molecule has 0 radical (unpaired) electrons. The molecule has 1 aromatic rings. The zero-order chi connectivity index (χ0) is 21.7. The predicted molar refractivity (Wildman–Crippen MR) is 121 cm³/mol. The summed E-state index contributed by atoms with van der Waals surface area (Å²) in [5, 5.41) is 3.09. The summed E-state index contributed by atoms with van der Waals surface area (Å²) in [5.41, 5.74) is 1.47. The number of nitrogens with one attached hydrogen (secondary N) is 1. The van der Waals surface area contributed by atoms with Crippen LogP contribution < -0.4 is 15.0 Å². The summed E-state index contributed by atoms with van der Waals surface area (Å²) >= 11 is 0. The van der Waals surface area contributed by atoms with E-state index in [1.54, 1.807) is 11.8 Å². The van der Waals surface area contributed by atoms with Crippen LogP contribution in [0.2, 0.25) is 0 Å². The number of nitrogens with zero attached hydrogens (tertiary/aromatic N) is 2. The third kappa shape index (κ3) is 5.54. The molecule has 0 bridgehead atoms. The molecule has 2 amide bonds. The Morgan fingerprint density at radius 2 is 1.97 bits per heavy atom. The highest BCUT2D eigenvalue weighted by Crippen LogP contribution is 2.37. The van der Waals surface area contributed by atoms with Crippen LogP contribution in [-0.2, 0) is 9.59 Å². The zero-order valence-electron chi connectivity index (χ0n) is 18.9. The van der Waals surface area contributed by atoms with E-state index in [1.807, 2.05) is 32.3 Å². The lowest BCUT2D eigenvalue weighted by Crippen LogP contribution is -2.46. The van der Waals surface area contributed by atoms with Gasteiger partial charge in [-0.25, -0.2) is 0 Å². The number of carbonyl (C=O) groups excluding carboxylic acids is 2. The largest absolute Gasteiger partial charge is 0.479 e. The number of unbranched alkanes of at least 4 members (excludes halogenated alkanes) is 1. The van der Waals surface area contributed by atoms with Crippen molar-refractivity contribution in [2.75, 3.05) is 37.4 Å². The van der Waals surface area contributed by atoms with Gasteiger partial charge >= 0.3 is 0 Å². The van der Waals surface area contributed by atoms with Crippen LogP contribution in [0.15, 0.2) is 18.2 Å².